The molecular formula is C10H12N4O2S2. The van der Waals surface area contributed by atoms with Crippen molar-refractivity contribution in [3.63, 3.8) is 0 Å². The van der Waals surface area contributed by atoms with Crippen LogP contribution in [0.2, 0.25) is 0 Å². The van der Waals surface area contributed by atoms with E-state index in [1.54, 1.807) is 31.2 Å². The minimum absolute atomic E-state index is 0.182. The van der Waals surface area contributed by atoms with E-state index in [0.717, 1.165) is 11.5 Å². The highest BCUT2D eigenvalue weighted by Crippen LogP contribution is 2.17. The molecule has 6 nitrogen and oxygen atoms in total. The zero-order chi connectivity index (χ0) is 13.2. The van der Waals surface area contributed by atoms with Crippen molar-refractivity contribution in [1.29, 1.82) is 0 Å². The monoisotopic (exact) mass is 284 g/mol. The van der Waals surface area contributed by atoms with E-state index in [1.807, 2.05) is 0 Å². The van der Waals surface area contributed by atoms with Gasteiger partial charge in [0.2, 0.25) is 15.2 Å². The van der Waals surface area contributed by atoms with E-state index in [9.17, 15) is 8.42 Å². The maximum Gasteiger partial charge on any atom is 0.238 e. The summed E-state index contributed by atoms with van der Waals surface area (Å²) in [7, 11) is -3.52. The fraction of sp³-hybridized carbons (Fsp3) is 0.200. The van der Waals surface area contributed by atoms with Gasteiger partial charge in [-0.2, -0.15) is 4.37 Å². The van der Waals surface area contributed by atoms with Gasteiger partial charge >= 0.3 is 0 Å². The SMILES string of the molecule is Cc1nsc(NS(=O)(=O)Cc2ccccc2N)n1. The lowest BCUT2D eigenvalue weighted by Gasteiger charge is -2.06. The van der Waals surface area contributed by atoms with Crippen LogP contribution in [0.15, 0.2) is 24.3 Å². The summed E-state index contributed by atoms with van der Waals surface area (Å²) in [5.41, 5.74) is 6.72. The number of para-hydroxylation sites is 1. The van der Waals surface area contributed by atoms with Crippen LogP contribution in [0, 0.1) is 6.92 Å². The van der Waals surface area contributed by atoms with Gasteiger partial charge in [0.1, 0.15) is 5.82 Å². The number of hydrogen-bond donors (Lipinski definition) is 2. The average Bonchev–Trinajstić information content (AvgIpc) is 2.66. The molecule has 0 aliphatic carbocycles. The molecule has 8 heteroatoms. The number of nitrogens with zero attached hydrogens (tertiary/aromatic N) is 2. The number of nitrogens with two attached hydrogens (primary N) is 1. The van der Waals surface area contributed by atoms with Gasteiger partial charge in [0.25, 0.3) is 0 Å². The first-order chi connectivity index (χ1) is 8.46. The Kier molecular flexibility index (Phi) is 3.48. The molecule has 0 unspecified atom stereocenters. The maximum absolute atomic E-state index is 11.9. The van der Waals surface area contributed by atoms with E-state index in [4.69, 9.17) is 5.73 Å². The molecule has 2 rings (SSSR count). The van der Waals surface area contributed by atoms with Crippen molar-refractivity contribution in [2.45, 2.75) is 12.7 Å². The molecule has 0 radical (unpaired) electrons. The van der Waals surface area contributed by atoms with Gasteiger partial charge in [0.15, 0.2) is 0 Å². The van der Waals surface area contributed by atoms with Crippen LogP contribution in [-0.4, -0.2) is 17.8 Å². The lowest BCUT2D eigenvalue weighted by atomic mass is 10.2. The highest BCUT2D eigenvalue weighted by atomic mass is 32.2. The average molecular weight is 284 g/mol. The number of nitrogen functional groups attached to an aromatic ring is 1. The zero-order valence-electron chi connectivity index (χ0n) is 9.62. The van der Waals surface area contributed by atoms with Gasteiger partial charge < -0.3 is 5.73 Å². The predicted molar refractivity (Wildman–Crippen MR) is 71.7 cm³/mol. The molecule has 2 aromatic rings. The number of sulfonamides is 1. The van der Waals surface area contributed by atoms with Gasteiger partial charge in [-0.3, -0.25) is 4.72 Å². The molecule has 18 heavy (non-hydrogen) atoms. The number of aryl methyl sites for hydroxylation is 1. The summed E-state index contributed by atoms with van der Waals surface area (Å²) < 4.78 is 30.1. The van der Waals surface area contributed by atoms with Crippen LogP contribution in [0.4, 0.5) is 10.8 Å². The lowest BCUT2D eigenvalue weighted by Crippen LogP contribution is -2.15. The third-order valence-electron chi connectivity index (χ3n) is 2.17. The zero-order valence-corrected chi connectivity index (χ0v) is 11.3. The Bertz CT molecular complexity index is 651. The van der Waals surface area contributed by atoms with Crippen molar-refractivity contribution in [2.24, 2.45) is 0 Å². The molecule has 3 N–H and O–H groups in total. The second kappa shape index (κ2) is 4.91. The van der Waals surface area contributed by atoms with Crippen molar-refractivity contribution < 1.29 is 8.42 Å². The fourth-order valence-corrected chi connectivity index (χ4v) is 3.40. The summed E-state index contributed by atoms with van der Waals surface area (Å²) in [4.78, 5) is 3.95. The summed E-state index contributed by atoms with van der Waals surface area (Å²) in [5.74, 6) is 0.357. The molecule has 0 aliphatic heterocycles. The molecule has 1 aromatic heterocycles. The van der Waals surface area contributed by atoms with Gasteiger partial charge in [-0.25, -0.2) is 13.4 Å². The van der Waals surface area contributed by atoms with Gasteiger partial charge in [-0.1, -0.05) is 18.2 Å². The second-order valence-corrected chi connectivity index (χ2v) is 6.18. The molecule has 0 bridgehead atoms. The fourth-order valence-electron chi connectivity index (χ4n) is 1.38. The van der Waals surface area contributed by atoms with Crippen molar-refractivity contribution in [3.05, 3.63) is 35.7 Å². The first-order valence-corrected chi connectivity index (χ1v) is 7.53. The summed E-state index contributed by atoms with van der Waals surface area (Å²) >= 11 is 1.01. The van der Waals surface area contributed by atoms with Gasteiger partial charge in [0.05, 0.1) is 5.75 Å². The molecule has 0 saturated heterocycles. The molecular weight excluding hydrogens is 272 g/mol. The van der Waals surface area contributed by atoms with E-state index < -0.39 is 10.0 Å². The first kappa shape index (κ1) is 12.8. The molecule has 0 atom stereocenters. The number of rotatable bonds is 4. The Morgan fingerprint density at radius 2 is 2.11 bits per heavy atom. The van der Waals surface area contributed by atoms with E-state index >= 15 is 0 Å². The quantitative estimate of drug-likeness (QED) is 0.826. The maximum atomic E-state index is 11.9. The van der Waals surface area contributed by atoms with E-state index in [1.165, 1.54) is 0 Å². The number of benzene rings is 1. The molecule has 0 saturated carbocycles. The Morgan fingerprint density at radius 1 is 1.39 bits per heavy atom. The van der Waals surface area contributed by atoms with Crippen LogP contribution in [-0.2, 0) is 15.8 Å². The minimum Gasteiger partial charge on any atom is -0.398 e. The van der Waals surface area contributed by atoms with Crippen molar-refractivity contribution in [1.82, 2.24) is 9.36 Å². The highest BCUT2D eigenvalue weighted by Gasteiger charge is 2.15. The molecule has 0 fully saturated rings. The van der Waals surface area contributed by atoms with Crippen LogP contribution in [0.1, 0.15) is 11.4 Å². The summed E-state index contributed by atoms with van der Waals surface area (Å²) in [6.45, 7) is 1.70. The molecule has 1 heterocycles. The lowest BCUT2D eigenvalue weighted by molar-refractivity contribution is 0.600. The highest BCUT2D eigenvalue weighted by molar-refractivity contribution is 7.92. The van der Waals surface area contributed by atoms with Crippen LogP contribution in [0.3, 0.4) is 0 Å². The predicted octanol–water partition coefficient (Wildman–Crippen LogP) is 1.37. The van der Waals surface area contributed by atoms with Crippen molar-refractivity contribution >= 4 is 32.4 Å². The Morgan fingerprint density at radius 3 is 2.72 bits per heavy atom. The number of anilines is 2. The van der Waals surface area contributed by atoms with Gasteiger partial charge in [0, 0.05) is 17.2 Å². The normalized spacial score (nSPS) is 11.4. The topological polar surface area (TPSA) is 98.0 Å². The smallest absolute Gasteiger partial charge is 0.238 e. The van der Waals surface area contributed by atoms with Crippen LogP contribution < -0.4 is 10.5 Å². The van der Waals surface area contributed by atoms with Gasteiger partial charge in [-0.05, 0) is 18.6 Å². The van der Waals surface area contributed by atoms with Crippen LogP contribution in [0.25, 0.3) is 0 Å². The third-order valence-corrected chi connectivity index (χ3v) is 4.22. The van der Waals surface area contributed by atoms with Crippen LogP contribution in [0.5, 0.6) is 0 Å². The third kappa shape index (κ3) is 3.17. The van der Waals surface area contributed by atoms with Crippen molar-refractivity contribution in [2.75, 3.05) is 10.5 Å². The van der Waals surface area contributed by atoms with Gasteiger partial charge in [-0.15, -0.1) is 0 Å². The number of nitrogens with one attached hydrogen (secondary N) is 1. The van der Waals surface area contributed by atoms with E-state index in [2.05, 4.69) is 14.1 Å². The Labute approximate surface area is 109 Å². The first-order valence-electron chi connectivity index (χ1n) is 5.10. The van der Waals surface area contributed by atoms with Crippen molar-refractivity contribution in [3.8, 4) is 0 Å². The standard InChI is InChI=1S/C10H12N4O2S2/c1-7-12-10(17-13-7)14-18(15,16)6-8-4-2-3-5-9(8)11/h2-5H,6,11H2,1H3,(H,12,13,14). The molecule has 0 spiro atoms. The Balaban J connectivity index is 2.15. The summed E-state index contributed by atoms with van der Waals surface area (Å²) in [6.07, 6.45) is 0. The van der Waals surface area contributed by atoms with E-state index in [0.29, 0.717) is 17.1 Å². The summed E-state index contributed by atoms with van der Waals surface area (Å²) in [6, 6.07) is 6.85. The largest absolute Gasteiger partial charge is 0.398 e. The second-order valence-electron chi connectivity index (χ2n) is 3.71. The minimum atomic E-state index is -3.52. The van der Waals surface area contributed by atoms with Crippen LogP contribution >= 0.6 is 11.5 Å². The summed E-state index contributed by atoms with van der Waals surface area (Å²) in [5, 5.41) is 0.266. The number of hydrogen-bond acceptors (Lipinski definition) is 6. The van der Waals surface area contributed by atoms with E-state index in [-0.39, 0.29) is 10.9 Å². The molecule has 96 valence electrons. The molecule has 0 aliphatic rings. The number of aromatic nitrogens is 2. The Hall–Kier alpha value is -1.67. The molecule has 0 amide bonds. The molecule has 1 aromatic carbocycles.